The number of rotatable bonds is 5. The number of aryl methyl sites for hydroxylation is 1. The van der Waals surface area contributed by atoms with Crippen molar-refractivity contribution in [3.8, 4) is 21.8 Å². The molecule has 1 unspecified atom stereocenters. The first-order valence-electron chi connectivity index (χ1n) is 11.5. The van der Waals surface area contributed by atoms with Crippen molar-refractivity contribution in [1.29, 1.82) is 0 Å². The van der Waals surface area contributed by atoms with Crippen molar-refractivity contribution in [3.63, 3.8) is 0 Å². The van der Waals surface area contributed by atoms with E-state index >= 15 is 0 Å². The van der Waals surface area contributed by atoms with Crippen LogP contribution in [0.5, 0.6) is 0 Å². The van der Waals surface area contributed by atoms with Crippen molar-refractivity contribution in [2.45, 2.75) is 26.3 Å². The predicted molar refractivity (Wildman–Crippen MR) is 141 cm³/mol. The second kappa shape index (κ2) is 9.53. The summed E-state index contributed by atoms with van der Waals surface area (Å²) in [4.78, 5) is 30.6. The molecule has 1 N–H and O–H groups in total. The zero-order valence-electron chi connectivity index (χ0n) is 19.8. The SMILES string of the molecule is Cc1cc2nc(-c3ccnc(N4CCN(C)CC4C)n3)sc2c(-c2ccc(Cl)cc2)c1CC(=O)O. The third-order valence-corrected chi connectivity index (χ3v) is 7.78. The number of carboxylic acids is 1. The smallest absolute Gasteiger partial charge is 0.307 e. The van der Waals surface area contributed by atoms with E-state index < -0.39 is 5.97 Å². The molecule has 1 fully saturated rings. The second-order valence-corrected chi connectivity index (χ2v) is 10.5. The van der Waals surface area contributed by atoms with E-state index in [0.717, 1.165) is 62.8 Å². The number of aliphatic carboxylic acids is 1. The molecule has 0 radical (unpaired) electrons. The summed E-state index contributed by atoms with van der Waals surface area (Å²) in [7, 11) is 2.13. The van der Waals surface area contributed by atoms with Crippen LogP contribution in [0, 0.1) is 6.92 Å². The van der Waals surface area contributed by atoms with Crippen molar-refractivity contribution < 1.29 is 9.90 Å². The number of fused-ring (bicyclic) bond motifs is 1. The summed E-state index contributed by atoms with van der Waals surface area (Å²) in [5, 5.41) is 11.0. The van der Waals surface area contributed by atoms with Crippen LogP contribution in [0.2, 0.25) is 5.02 Å². The molecular weight excluding hydrogens is 482 g/mol. The third-order valence-electron chi connectivity index (χ3n) is 6.42. The van der Waals surface area contributed by atoms with Crippen LogP contribution >= 0.6 is 22.9 Å². The van der Waals surface area contributed by atoms with Gasteiger partial charge in [0, 0.05) is 42.5 Å². The Morgan fingerprint density at radius 2 is 1.97 bits per heavy atom. The number of anilines is 1. The molecule has 1 atom stereocenters. The molecule has 9 heteroatoms. The number of carbonyl (C=O) groups is 1. The highest BCUT2D eigenvalue weighted by atomic mass is 35.5. The molecule has 0 bridgehead atoms. The van der Waals surface area contributed by atoms with Crippen LogP contribution in [0.4, 0.5) is 5.95 Å². The highest BCUT2D eigenvalue weighted by molar-refractivity contribution is 7.22. The number of piperazine rings is 1. The Morgan fingerprint density at radius 3 is 2.69 bits per heavy atom. The van der Waals surface area contributed by atoms with E-state index in [4.69, 9.17) is 21.6 Å². The van der Waals surface area contributed by atoms with Crippen LogP contribution in [-0.2, 0) is 11.2 Å². The average Bonchev–Trinajstić information content (AvgIpc) is 3.24. The van der Waals surface area contributed by atoms with Gasteiger partial charge in [-0.15, -0.1) is 11.3 Å². The van der Waals surface area contributed by atoms with Crippen LogP contribution in [0.15, 0.2) is 42.6 Å². The quantitative estimate of drug-likeness (QED) is 0.400. The van der Waals surface area contributed by atoms with E-state index in [0.29, 0.717) is 17.0 Å². The monoisotopic (exact) mass is 507 g/mol. The van der Waals surface area contributed by atoms with Crippen molar-refractivity contribution in [2.24, 2.45) is 0 Å². The molecule has 0 aliphatic carbocycles. The molecule has 1 saturated heterocycles. The summed E-state index contributed by atoms with van der Waals surface area (Å²) >= 11 is 7.66. The lowest BCUT2D eigenvalue weighted by atomic mass is 9.93. The first-order valence-corrected chi connectivity index (χ1v) is 12.7. The Kier molecular flexibility index (Phi) is 6.44. The van der Waals surface area contributed by atoms with E-state index in [1.165, 1.54) is 11.3 Å². The maximum absolute atomic E-state index is 11.7. The zero-order valence-corrected chi connectivity index (χ0v) is 21.4. The molecule has 2 aromatic heterocycles. The molecule has 1 aliphatic rings. The molecular formula is C26H26ClN5O2S. The van der Waals surface area contributed by atoms with Crippen LogP contribution in [0.3, 0.4) is 0 Å². The topological polar surface area (TPSA) is 82.5 Å². The average molecular weight is 508 g/mol. The van der Waals surface area contributed by atoms with Gasteiger partial charge in [0.2, 0.25) is 5.95 Å². The van der Waals surface area contributed by atoms with Gasteiger partial charge in [0.05, 0.1) is 16.6 Å². The van der Waals surface area contributed by atoms with Crippen LogP contribution in [0.1, 0.15) is 18.1 Å². The molecule has 1 aliphatic heterocycles. The summed E-state index contributed by atoms with van der Waals surface area (Å²) in [6.07, 6.45) is 1.72. The number of nitrogens with zero attached hydrogens (tertiary/aromatic N) is 5. The van der Waals surface area contributed by atoms with E-state index in [1.807, 2.05) is 43.3 Å². The number of hydrogen-bond donors (Lipinski definition) is 1. The molecule has 180 valence electrons. The van der Waals surface area contributed by atoms with Gasteiger partial charge in [-0.3, -0.25) is 4.79 Å². The van der Waals surface area contributed by atoms with Gasteiger partial charge < -0.3 is 14.9 Å². The summed E-state index contributed by atoms with van der Waals surface area (Å²) in [5.41, 5.74) is 5.10. The van der Waals surface area contributed by atoms with Crippen LogP contribution < -0.4 is 4.90 Å². The Bertz CT molecular complexity index is 1410. The summed E-state index contributed by atoms with van der Waals surface area (Å²) < 4.78 is 0.942. The van der Waals surface area contributed by atoms with Crippen LogP contribution in [0.25, 0.3) is 32.0 Å². The first-order chi connectivity index (χ1) is 16.8. The fourth-order valence-electron chi connectivity index (χ4n) is 4.69. The van der Waals surface area contributed by atoms with Gasteiger partial charge >= 0.3 is 5.97 Å². The lowest BCUT2D eigenvalue weighted by Crippen LogP contribution is -2.51. The van der Waals surface area contributed by atoms with Gasteiger partial charge in [0.1, 0.15) is 10.7 Å². The minimum absolute atomic E-state index is 0.0636. The molecule has 3 heterocycles. The number of likely N-dealkylation sites (N-methyl/N-ethyl adjacent to an activating group) is 1. The van der Waals surface area contributed by atoms with Crippen LogP contribution in [-0.4, -0.2) is 63.7 Å². The Morgan fingerprint density at radius 1 is 1.20 bits per heavy atom. The largest absolute Gasteiger partial charge is 0.481 e. The molecule has 4 aromatic rings. The molecule has 0 amide bonds. The lowest BCUT2D eigenvalue weighted by Gasteiger charge is -2.38. The van der Waals surface area contributed by atoms with Crippen molar-refractivity contribution in [1.82, 2.24) is 19.9 Å². The summed E-state index contributed by atoms with van der Waals surface area (Å²) in [6.45, 7) is 6.93. The number of benzene rings is 2. The summed E-state index contributed by atoms with van der Waals surface area (Å²) in [6, 6.07) is 11.7. The number of hydrogen-bond acceptors (Lipinski definition) is 7. The molecule has 7 nitrogen and oxygen atoms in total. The highest BCUT2D eigenvalue weighted by Crippen LogP contribution is 2.41. The standard InChI is InChI=1S/C26H26ClN5O2S/c1-15-12-21-24(23(19(15)13-22(33)34)17-4-6-18(27)7-5-17)35-25(29-21)20-8-9-28-26(30-20)32-11-10-31(3)14-16(32)2/h4-9,12,16H,10-11,13-14H2,1-3H3,(H,33,34). The van der Waals surface area contributed by atoms with E-state index in [1.54, 1.807) is 6.20 Å². The van der Waals surface area contributed by atoms with E-state index in [-0.39, 0.29) is 6.42 Å². The first kappa shape index (κ1) is 23.7. The summed E-state index contributed by atoms with van der Waals surface area (Å²) in [5.74, 6) is -0.155. The Hall–Kier alpha value is -3.07. The normalized spacial score (nSPS) is 16.7. The maximum atomic E-state index is 11.7. The number of carboxylic acid groups (broad SMARTS) is 1. The minimum atomic E-state index is -0.867. The number of halogens is 1. The lowest BCUT2D eigenvalue weighted by molar-refractivity contribution is -0.136. The Labute approximate surface area is 213 Å². The van der Waals surface area contributed by atoms with Crippen molar-refractivity contribution in [2.75, 3.05) is 31.6 Å². The fraction of sp³-hybridized carbons (Fsp3) is 0.308. The van der Waals surface area contributed by atoms with Gasteiger partial charge in [-0.05, 0) is 61.9 Å². The third kappa shape index (κ3) is 4.74. The zero-order chi connectivity index (χ0) is 24.7. The number of aromatic nitrogens is 3. The Balaban J connectivity index is 1.63. The molecule has 2 aromatic carbocycles. The minimum Gasteiger partial charge on any atom is -0.481 e. The van der Waals surface area contributed by atoms with Gasteiger partial charge in [0.15, 0.2) is 0 Å². The molecule has 0 saturated carbocycles. The molecule has 5 rings (SSSR count). The van der Waals surface area contributed by atoms with Gasteiger partial charge in [-0.25, -0.2) is 15.0 Å². The van der Waals surface area contributed by atoms with Gasteiger partial charge in [-0.2, -0.15) is 0 Å². The number of thiazole rings is 1. The predicted octanol–water partition coefficient (Wildman–Crippen LogP) is 5.15. The van der Waals surface area contributed by atoms with Crippen molar-refractivity contribution in [3.05, 3.63) is 58.7 Å². The second-order valence-electron chi connectivity index (χ2n) is 9.04. The molecule has 0 spiro atoms. The van der Waals surface area contributed by atoms with E-state index in [9.17, 15) is 9.90 Å². The van der Waals surface area contributed by atoms with Crippen molar-refractivity contribution >= 4 is 45.1 Å². The fourth-order valence-corrected chi connectivity index (χ4v) is 5.92. The molecule has 35 heavy (non-hydrogen) atoms. The van der Waals surface area contributed by atoms with Gasteiger partial charge in [0.25, 0.3) is 0 Å². The maximum Gasteiger partial charge on any atom is 0.307 e. The highest BCUT2D eigenvalue weighted by Gasteiger charge is 2.25. The van der Waals surface area contributed by atoms with Gasteiger partial charge in [-0.1, -0.05) is 23.7 Å². The van der Waals surface area contributed by atoms with E-state index in [2.05, 4.69) is 28.8 Å².